The minimum atomic E-state index is -0.492. The van der Waals surface area contributed by atoms with Gasteiger partial charge in [-0.05, 0) is 24.6 Å². The molecule has 106 valence electrons. The summed E-state index contributed by atoms with van der Waals surface area (Å²) in [5.74, 6) is 0.819. The van der Waals surface area contributed by atoms with Crippen molar-refractivity contribution < 1.29 is 9.53 Å². The number of hydrogen-bond donors (Lipinski definition) is 2. The Labute approximate surface area is 121 Å². The molecule has 3 rings (SSSR count). The lowest BCUT2D eigenvalue weighted by Gasteiger charge is -2.08. The normalized spacial score (nSPS) is 10.7. The highest BCUT2D eigenvalue weighted by Crippen LogP contribution is 2.26. The summed E-state index contributed by atoms with van der Waals surface area (Å²) in [6.07, 6.45) is 0. The standard InChI is InChI=1S/C16H15N3O2/c1-10-18-13-7-12(16(17)20)8-14(15(13)19-10)21-9-11-5-3-2-4-6-11/h2-8H,9H2,1H3,(H2,17,20)(H,18,19). The Balaban J connectivity index is 1.97. The van der Waals surface area contributed by atoms with Crippen LogP contribution in [0.1, 0.15) is 21.7 Å². The molecule has 3 aromatic rings. The molecule has 0 spiro atoms. The summed E-state index contributed by atoms with van der Waals surface area (Å²) in [4.78, 5) is 18.9. The van der Waals surface area contributed by atoms with Crippen molar-refractivity contribution in [3.05, 3.63) is 59.4 Å². The maximum Gasteiger partial charge on any atom is 0.248 e. The van der Waals surface area contributed by atoms with Gasteiger partial charge in [-0.2, -0.15) is 0 Å². The molecule has 5 nitrogen and oxygen atoms in total. The highest BCUT2D eigenvalue weighted by atomic mass is 16.5. The van der Waals surface area contributed by atoms with E-state index in [0.29, 0.717) is 23.4 Å². The fraction of sp³-hybridized carbons (Fsp3) is 0.125. The number of nitrogens with two attached hydrogens (primary N) is 1. The number of nitrogens with zero attached hydrogens (tertiary/aromatic N) is 1. The van der Waals surface area contributed by atoms with E-state index >= 15 is 0 Å². The number of fused-ring (bicyclic) bond motifs is 1. The zero-order valence-corrected chi connectivity index (χ0v) is 11.6. The molecule has 1 aromatic heterocycles. The van der Waals surface area contributed by atoms with Crippen LogP contribution in [0.15, 0.2) is 42.5 Å². The van der Waals surface area contributed by atoms with Crippen molar-refractivity contribution in [1.29, 1.82) is 0 Å². The molecule has 2 aromatic carbocycles. The summed E-state index contributed by atoms with van der Waals surface area (Å²) in [6, 6.07) is 13.1. The van der Waals surface area contributed by atoms with Crippen LogP contribution >= 0.6 is 0 Å². The summed E-state index contributed by atoms with van der Waals surface area (Å²) < 4.78 is 5.82. The predicted molar refractivity (Wildman–Crippen MR) is 80.1 cm³/mol. The van der Waals surface area contributed by atoms with E-state index in [0.717, 1.165) is 16.9 Å². The van der Waals surface area contributed by atoms with E-state index < -0.39 is 5.91 Å². The van der Waals surface area contributed by atoms with Crippen LogP contribution in [0.2, 0.25) is 0 Å². The molecular weight excluding hydrogens is 266 g/mol. The molecule has 5 heteroatoms. The van der Waals surface area contributed by atoms with Gasteiger partial charge in [-0.3, -0.25) is 4.79 Å². The Bertz CT molecular complexity index is 794. The first-order chi connectivity index (χ1) is 10.1. The van der Waals surface area contributed by atoms with E-state index in [9.17, 15) is 4.79 Å². The van der Waals surface area contributed by atoms with E-state index in [1.165, 1.54) is 0 Å². The fourth-order valence-corrected chi connectivity index (χ4v) is 2.20. The van der Waals surface area contributed by atoms with Crippen LogP contribution in [0.3, 0.4) is 0 Å². The van der Waals surface area contributed by atoms with Gasteiger partial charge in [0.1, 0.15) is 23.7 Å². The predicted octanol–water partition coefficient (Wildman–Crippen LogP) is 2.55. The largest absolute Gasteiger partial charge is 0.487 e. The van der Waals surface area contributed by atoms with E-state index in [4.69, 9.17) is 10.5 Å². The Hall–Kier alpha value is -2.82. The van der Waals surface area contributed by atoms with Gasteiger partial charge in [0.15, 0.2) is 0 Å². The second-order valence-corrected chi connectivity index (χ2v) is 4.83. The number of rotatable bonds is 4. The average molecular weight is 281 g/mol. The van der Waals surface area contributed by atoms with Crippen molar-refractivity contribution in [3.63, 3.8) is 0 Å². The molecule has 0 fully saturated rings. The van der Waals surface area contributed by atoms with Crippen molar-refractivity contribution in [2.24, 2.45) is 5.73 Å². The maximum atomic E-state index is 11.4. The van der Waals surface area contributed by atoms with Gasteiger partial charge >= 0.3 is 0 Å². The van der Waals surface area contributed by atoms with Crippen LogP contribution in [0.25, 0.3) is 11.0 Å². The van der Waals surface area contributed by atoms with Crippen LogP contribution in [0, 0.1) is 6.92 Å². The molecule has 0 aliphatic rings. The second kappa shape index (κ2) is 5.28. The van der Waals surface area contributed by atoms with E-state index in [1.54, 1.807) is 12.1 Å². The number of amides is 1. The molecule has 3 N–H and O–H groups in total. The monoisotopic (exact) mass is 281 g/mol. The first-order valence-electron chi connectivity index (χ1n) is 6.60. The number of aromatic nitrogens is 2. The number of H-pyrrole nitrogens is 1. The summed E-state index contributed by atoms with van der Waals surface area (Å²) in [6.45, 7) is 2.26. The minimum absolute atomic E-state index is 0.397. The van der Waals surface area contributed by atoms with E-state index in [-0.39, 0.29) is 0 Å². The molecule has 0 saturated heterocycles. The van der Waals surface area contributed by atoms with Gasteiger partial charge < -0.3 is 15.5 Å². The number of hydrogen-bond acceptors (Lipinski definition) is 3. The topological polar surface area (TPSA) is 81.0 Å². The van der Waals surface area contributed by atoms with E-state index in [1.807, 2.05) is 37.3 Å². The third kappa shape index (κ3) is 2.72. The lowest BCUT2D eigenvalue weighted by molar-refractivity contribution is 0.1000. The van der Waals surface area contributed by atoms with Gasteiger partial charge in [-0.1, -0.05) is 30.3 Å². The molecule has 1 amide bonds. The highest BCUT2D eigenvalue weighted by Gasteiger charge is 2.12. The summed E-state index contributed by atoms with van der Waals surface area (Å²) in [5, 5.41) is 0. The summed E-state index contributed by atoms with van der Waals surface area (Å²) in [5.41, 5.74) is 8.24. The van der Waals surface area contributed by atoms with Crippen molar-refractivity contribution in [2.45, 2.75) is 13.5 Å². The van der Waals surface area contributed by atoms with Gasteiger partial charge in [0.25, 0.3) is 0 Å². The van der Waals surface area contributed by atoms with Gasteiger partial charge in [0.2, 0.25) is 5.91 Å². The van der Waals surface area contributed by atoms with Gasteiger partial charge in [0.05, 0.1) is 5.52 Å². The van der Waals surface area contributed by atoms with Crippen LogP contribution in [-0.2, 0) is 6.61 Å². The molecule has 0 radical (unpaired) electrons. The summed E-state index contributed by atoms with van der Waals surface area (Å²) in [7, 11) is 0. The molecule has 0 unspecified atom stereocenters. The average Bonchev–Trinajstić information content (AvgIpc) is 2.86. The zero-order valence-electron chi connectivity index (χ0n) is 11.6. The SMILES string of the molecule is Cc1nc2c(OCc3ccccc3)cc(C(N)=O)cc2[nH]1. The number of aromatic amines is 1. The van der Waals surface area contributed by atoms with Gasteiger partial charge in [-0.25, -0.2) is 4.98 Å². The van der Waals surface area contributed by atoms with Crippen LogP contribution < -0.4 is 10.5 Å². The minimum Gasteiger partial charge on any atom is -0.487 e. The smallest absolute Gasteiger partial charge is 0.248 e. The van der Waals surface area contributed by atoms with Crippen molar-refractivity contribution >= 4 is 16.9 Å². The molecule has 0 aliphatic carbocycles. The Kier molecular flexibility index (Phi) is 3.31. The molecular formula is C16H15N3O2. The number of benzene rings is 2. The van der Waals surface area contributed by atoms with Crippen molar-refractivity contribution in [1.82, 2.24) is 9.97 Å². The molecule has 21 heavy (non-hydrogen) atoms. The molecule has 0 saturated carbocycles. The Morgan fingerprint density at radius 2 is 2.05 bits per heavy atom. The number of carbonyl (C=O) groups is 1. The number of nitrogens with one attached hydrogen (secondary N) is 1. The molecule has 1 heterocycles. The Morgan fingerprint density at radius 1 is 1.29 bits per heavy atom. The molecule has 0 bridgehead atoms. The fourth-order valence-electron chi connectivity index (χ4n) is 2.20. The summed E-state index contributed by atoms with van der Waals surface area (Å²) >= 11 is 0. The zero-order chi connectivity index (χ0) is 14.8. The van der Waals surface area contributed by atoms with Crippen LogP contribution in [0.5, 0.6) is 5.75 Å². The maximum absolute atomic E-state index is 11.4. The lowest BCUT2D eigenvalue weighted by Crippen LogP contribution is -2.11. The Morgan fingerprint density at radius 3 is 2.76 bits per heavy atom. The highest BCUT2D eigenvalue weighted by molar-refractivity contribution is 5.98. The number of imidazole rings is 1. The first-order valence-corrected chi connectivity index (χ1v) is 6.60. The van der Waals surface area contributed by atoms with Crippen molar-refractivity contribution in [2.75, 3.05) is 0 Å². The second-order valence-electron chi connectivity index (χ2n) is 4.83. The van der Waals surface area contributed by atoms with E-state index in [2.05, 4.69) is 9.97 Å². The lowest BCUT2D eigenvalue weighted by atomic mass is 10.1. The van der Waals surface area contributed by atoms with Crippen LogP contribution in [0.4, 0.5) is 0 Å². The first kappa shape index (κ1) is 13.2. The third-order valence-corrected chi connectivity index (χ3v) is 3.19. The number of primary amides is 1. The van der Waals surface area contributed by atoms with Gasteiger partial charge in [-0.15, -0.1) is 0 Å². The molecule has 0 atom stereocenters. The van der Waals surface area contributed by atoms with Crippen LogP contribution in [-0.4, -0.2) is 15.9 Å². The number of ether oxygens (including phenoxy) is 1. The van der Waals surface area contributed by atoms with Crippen molar-refractivity contribution in [3.8, 4) is 5.75 Å². The van der Waals surface area contributed by atoms with Gasteiger partial charge in [0, 0.05) is 5.56 Å². The number of aryl methyl sites for hydroxylation is 1. The molecule has 0 aliphatic heterocycles. The number of carbonyl (C=O) groups excluding carboxylic acids is 1. The third-order valence-electron chi connectivity index (χ3n) is 3.19. The quantitative estimate of drug-likeness (QED) is 0.771.